The van der Waals surface area contributed by atoms with Crippen LogP contribution in [0.1, 0.15) is 39.5 Å². The summed E-state index contributed by atoms with van der Waals surface area (Å²) in [6, 6.07) is 0.730. The molecule has 1 aliphatic heterocycles. The van der Waals surface area contributed by atoms with E-state index in [1.807, 2.05) is 7.11 Å². The molecular formula is C14H30N2O. The average Bonchev–Trinajstić information content (AvgIpc) is 2.77. The molecule has 2 atom stereocenters. The zero-order valence-corrected chi connectivity index (χ0v) is 11.9. The second-order valence-electron chi connectivity index (χ2n) is 5.25. The number of methoxy groups -OCH3 is 1. The molecule has 0 aromatic heterocycles. The lowest BCUT2D eigenvalue weighted by atomic mass is 10.1. The van der Waals surface area contributed by atoms with Crippen molar-refractivity contribution in [3.63, 3.8) is 0 Å². The second-order valence-corrected chi connectivity index (χ2v) is 5.25. The van der Waals surface area contributed by atoms with E-state index in [-0.39, 0.29) is 0 Å². The topological polar surface area (TPSA) is 24.5 Å². The summed E-state index contributed by atoms with van der Waals surface area (Å²) in [5, 5.41) is 3.57. The van der Waals surface area contributed by atoms with Gasteiger partial charge in [-0.15, -0.1) is 0 Å². The van der Waals surface area contributed by atoms with Crippen LogP contribution in [0.2, 0.25) is 0 Å². The van der Waals surface area contributed by atoms with E-state index in [2.05, 4.69) is 24.1 Å². The molecule has 0 radical (unpaired) electrons. The van der Waals surface area contributed by atoms with Gasteiger partial charge in [-0.3, -0.25) is 4.90 Å². The number of nitrogens with zero attached hydrogens (tertiary/aromatic N) is 1. The van der Waals surface area contributed by atoms with Crippen molar-refractivity contribution in [1.29, 1.82) is 0 Å². The van der Waals surface area contributed by atoms with Crippen LogP contribution in [-0.2, 0) is 4.74 Å². The second kappa shape index (κ2) is 8.90. The summed E-state index contributed by atoms with van der Waals surface area (Å²) in [5.74, 6) is 0.755. The molecule has 0 amide bonds. The van der Waals surface area contributed by atoms with Crippen LogP contribution in [0.4, 0.5) is 0 Å². The predicted molar refractivity (Wildman–Crippen MR) is 73.4 cm³/mol. The highest BCUT2D eigenvalue weighted by molar-refractivity contribution is 4.82. The lowest BCUT2D eigenvalue weighted by molar-refractivity contribution is 0.144. The third-order valence-corrected chi connectivity index (χ3v) is 3.66. The first-order chi connectivity index (χ1) is 8.31. The van der Waals surface area contributed by atoms with Crippen molar-refractivity contribution in [3.8, 4) is 0 Å². The van der Waals surface area contributed by atoms with Crippen molar-refractivity contribution in [1.82, 2.24) is 10.2 Å². The normalized spacial score (nSPS) is 23.1. The quantitative estimate of drug-likeness (QED) is 0.627. The maximum Gasteiger partial charge on any atom is 0.0503 e. The summed E-state index contributed by atoms with van der Waals surface area (Å²) in [7, 11) is 1.81. The van der Waals surface area contributed by atoms with Crippen molar-refractivity contribution < 1.29 is 4.74 Å². The Bertz CT molecular complexity index is 187. The number of ether oxygens (including phenoxy) is 1. The van der Waals surface area contributed by atoms with E-state index >= 15 is 0 Å². The highest BCUT2D eigenvalue weighted by Crippen LogP contribution is 2.20. The molecule has 0 aliphatic carbocycles. The minimum absolute atomic E-state index is 0.730. The van der Waals surface area contributed by atoms with E-state index in [1.165, 1.54) is 38.8 Å². The molecule has 2 unspecified atom stereocenters. The van der Waals surface area contributed by atoms with Gasteiger partial charge in [-0.05, 0) is 38.3 Å². The minimum Gasteiger partial charge on any atom is -0.384 e. The van der Waals surface area contributed by atoms with Gasteiger partial charge in [-0.25, -0.2) is 0 Å². The molecule has 3 heteroatoms. The van der Waals surface area contributed by atoms with Crippen molar-refractivity contribution in [2.75, 3.05) is 39.9 Å². The van der Waals surface area contributed by atoms with Crippen LogP contribution in [-0.4, -0.2) is 50.8 Å². The summed E-state index contributed by atoms with van der Waals surface area (Å²) >= 11 is 0. The van der Waals surface area contributed by atoms with E-state index in [1.54, 1.807) is 0 Å². The smallest absolute Gasteiger partial charge is 0.0503 e. The third-order valence-electron chi connectivity index (χ3n) is 3.66. The molecule has 3 nitrogen and oxygen atoms in total. The summed E-state index contributed by atoms with van der Waals surface area (Å²) in [6.45, 7) is 10.2. The molecule has 1 aliphatic rings. The van der Waals surface area contributed by atoms with E-state index in [4.69, 9.17) is 4.74 Å². The fourth-order valence-electron chi connectivity index (χ4n) is 2.76. The lowest BCUT2D eigenvalue weighted by Gasteiger charge is -2.28. The predicted octanol–water partition coefficient (Wildman–Crippen LogP) is 2.12. The van der Waals surface area contributed by atoms with Gasteiger partial charge in [0.15, 0.2) is 0 Å². The first-order valence-corrected chi connectivity index (χ1v) is 7.25. The maximum atomic E-state index is 5.27. The Morgan fingerprint density at radius 3 is 2.82 bits per heavy atom. The zero-order valence-electron chi connectivity index (χ0n) is 11.9. The number of nitrogens with one attached hydrogen (secondary N) is 1. The summed E-state index contributed by atoms with van der Waals surface area (Å²) in [6.07, 6.45) is 5.13. The molecule has 1 saturated heterocycles. The van der Waals surface area contributed by atoms with Gasteiger partial charge >= 0.3 is 0 Å². The fourth-order valence-corrected chi connectivity index (χ4v) is 2.76. The Labute approximate surface area is 107 Å². The van der Waals surface area contributed by atoms with E-state index in [9.17, 15) is 0 Å². The van der Waals surface area contributed by atoms with Gasteiger partial charge in [0, 0.05) is 26.2 Å². The van der Waals surface area contributed by atoms with E-state index < -0.39 is 0 Å². The Balaban J connectivity index is 2.31. The highest BCUT2D eigenvalue weighted by atomic mass is 16.5. The van der Waals surface area contributed by atoms with E-state index in [0.717, 1.165) is 31.7 Å². The van der Waals surface area contributed by atoms with Crippen LogP contribution in [0.3, 0.4) is 0 Å². The van der Waals surface area contributed by atoms with Gasteiger partial charge in [0.1, 0.15) is 0 Å². The maximum absolute atomic E-state index is 5.27. The standard InChI is InChI=1S/C14H30N2O/c1-4-6-14(10-15-8-5-2)16-9-7-13(11-16)12-17-3/h13-15H,4-12H2,1-3H3. The highest BCUT2D eigenvalue weighted by Gasteiger charge is 2.27. The molecule has 1 rings (SSSR count). The largest absolute Gasteiger partial charge is 0.384 e. The summed E-state index contributed by atoms with van der Waals surface area (Å²) < 4.78 is 5.27. The SMILES string of the molecule is CCCNCC(CCC)N1CCC(COC)C1. The Morgan fingerprint density at radius 2 is 2.18 bits per heavy atom. The lowest BCUT2D eigenvalue weighted by Crippen LogP contribution is -2.41. The third kappa shape index (κ3) is 5.36. The van der Waals surface area contributed by atoms with Crippen LogP contribution in [0, 0.1) is 5.92 Å². The monoisotopic (exact) mass is 242 g/mol. The molecule has 102 valence electrons. The van der Waals surface area contributed by atoms with Crippen molar-refractivity contribution in [2.24, 2.45) is 5.92 Å². The van der Waals surface area contributed by atoms with Crippen LogP contribution >= 0.6 is 0 Å². The molecule has 17 heavy (non-hydrogen) atoms. The molecule has 1 N–H and O–H groups in total. The molecular weight excluding hydrogens is 212 g/mol. The molecule has 0 aromatic carbocycles. The minimum atomic E-state index is 0.730. The van der Waals surface area contributed by atoms with Crippen molar-refractivity contribution in [3.05, 3.63) is 0 Å². The molecule has 0 aromatic rings. The van der Waals surface area contributed by atoms with Crippen molar-refractivity contribution in [2.45, 2.75) is 45.6 Å². The van der Waals surface area contributed by atoms with E-state index in [0.29, 0.717) is 0 Å². The van der Waals surface area contributed by atoms with Crippen LogP contribution in [0.15, 0.2) is 0 Å². The summed E-state index contributed by atoms with van der Waals surface area (Å²) in [5.41, 5.74) is 0. The van der Waals surface area contributed by atoms with Crippen LogP contribution < -0.4 is 5.32 Å². The number of rotatable bonds is 9. The van der Waals surface area contributed by atoms with Gasteiger partial charge in [0.05, 0.1) is 6.61 Å². The first-order valence-electron chi connectivity index (χ1n) is 7.25. The van der Waals surface area contributed by atoms with Gasteiger partial charge < -0.3 is 10.1 Å². The van der Waals surface area contributed by atoms with Crippen LogP contribution in [0.25, 0.3) is 0 Å². The fraction of sp³-hybridized carbons (Fsp3) is 1.00. The molecule has 1 heterocycles. The van der Waals surface area contributed by atoms with Crippen molar-refractivity contribution >= 4 is 0 Å². The molecule has 0 bridgehead atoms. The van der Waals surface area contributed by atoms with Crippen LogP contribution in [0.5, 0.6) is 0 Å². The van der Waals surface area contributed by atoms with Gasteiger partial charge in [0.25, 0.3) is 0 Å². The average molecular weight is 242 g/mol. The summed E-state index contributed by atoms with van der Waals surface area (Å²) in [4.78, 5) is 2.66. The number of hydrogen-bond acceptors (Lipinski definition) is 3. The Hall–Kier alpha value is -0.120. The molecule has 1 fully saturated rings. The first kappa shape index (κ1) is 14.9. The van der Waals surface area contributed by atoms with Gasteiger partial charge in [-0.1, -0.05) is 20.3 Å². The number of likely N-dealkylation sites (tertiary alicyclic amines) is 1. The zero-order chi connectivity index (χ0) is 12.5. The molecule has 0 spiro atoms. The Kier molecular flexibility index (Phi) is 7.82. The van der Waals surface area contributed by atoms with Gasteiger partial charge in [-0.2, -0.15) is 0 Å². The number of hydrogen-bond donors (Lipinski definition) is 1. The van der Waals surface area contributed by atoms with Gasteiger partial charge in [0.2, 0.25) is 0 Å². The Morgan fingerprint density at radius 1 is 1.35 bits per heavy atom. The molecule has 0 saturated carbocycles.